The van der Waals surface area contributed by atoms with Crippen LogP contribution in [-0.2, 0) is 0 Å². The molecule has 8 rings (SSSR count). The molecule has 2 unspecified atom stereocenters. The predicted octanol–water partition coefficient (Wildman–Crippen LogP) is 10.7. The van der Waals surface area contributed by atoms with Gasteiger partial charge in [-0.15, -0.1) is 0 Å². The maximum absolute atomic E-state index is 4.84. The third kappa shape index (κ3) is 3.62. The summed E-state index contributed by atoms with van der Waals surface area (Å²) in [5, 5.41) is 0. The Balaban J connectivity index is 1.22. The minimum Gasteiger partial charge on any atom is -0.172 e. The zero-order chi connectivity index (χ0) is 27.8. The highest BCUT2D eigenvalue weighted by Gasteiger charge is 2.30. The molecule has 0 amide bonds. The molecule has 2 nitrogen and oxygen atoms in total. The number of hydrogen-bond donors (Lipinski definition) is 0. The maximum Gasteiger partial charge on any atom is 0.113 e. The van der Waals surface area contributed by atoms with E-state index in [9.17, 15) is 0 Å². The molecule has 0 saturated carbocycles. The second-order valence-corrected chi connectivity index (χ2v) is 12.4. The quantitative estimate of drug-likeness (QED) is 0.219. The largest absolute Gasteiger partial charge is 0.172 e. The first-order valence-electron chi connectivity index (χ1n) is 14.8. The first-order valence-corrected chi connectivity index (χ1v) is 15.5. The van der Waals surface area contributed by atoms with Crippen molar-refractivity contribution < 1.29 is 0 Å². The summed E-state index contributed by atoms with van der Waals surface area (Å²) in [6.45, 7) is 8.99. The summed E-state index contributed by atoms with van der Waals surface area (Å²) in [5.41, 5.74) is 20.8. The molecule has 200 valence electrons. The third-order valence-electron chi connectivity index (χ3n) is 9.45. The Morgan fingerprint density at radius 3 is 1.27 bits per heavy atom. The normalized spacial score (nSPS) is 16.5. The Labute approximate surface area is 246 Å². The first kappa shape index (κ1) is 24.7. The molecule has 6 aromatic rings. The molecule has 2 aliphatic carbocycles. The van der Waals surface area contributed by atoms with Gasteiger partial charge in [0.1, 0.15) is 11.0 Å². The third-order valence-corrected chi connectivity index (χ3v) is 9.98. The fourth-order valence-corrected chi connectivity index (χ4v) is 8.08. The van der Waals surface area contributed by atoms with Gasteiger partial charge >= 0.3 is 0 Å². The van der Waals surface area contributed by atoms with Crippen molar-refractivity contribution in [1.29, 1.82) is 0 Å². The Morgan fingerprint density at radius 2 is 0.854 bits per heavy atom. The molecule has 5 aromatic carbocycles. The Morgan fingerprint density at radius 1 is 0.488 bits per heavy atom. The monoisotopic (exact) mass is 548 g/mol. The lowest BCUT2D eigenvalue weighted by atomic mass is 9.90. The highest BCUT2D eigenvalue weighted by Crippen LogP contribution is 2.50. The maximum atomic E-state index is 4.84. The minimum atomic E-state index is 0.439. The summed E-state index contributed by atoms with van der Waals surface area (Å²) in [6.07, 6.45) is 2.19. The molecule has 0 saturated heterocycles. The van der Waals surface area contributed by atoms with Gasteiger partial charge in [-0.3, -0.25) is 0 Å². The van der Waals surface area contributed by atoms with Crippen LogP contribution in [0.3, 0.4) is 0 Å². The fourth-order valence-electron chi connectivity index (χ4n) is 7.51. The van der Waals surface area contributed by atoms with Gasteiger partial charge in [0.25, 0.3) is 0 Å². The van der Waals surface area contributed by atoms with Crippen molar-refractivity contribution >= 4 is 22.8 Å². The molecule has 2 atom stereocenters. The van der Waals surface area contributed by atoms with Crippen molar-refractivity contribution in [3.63, 3.8) is 0 Å². The summed E-state index contributed by atoms with van der Waals surface area (Å²) >= 11 is 1.31. The van der Waals surface area contributed by atoms with E-state index in [1.54, 1.807) is 0 Å². The molecule has 0 aliphatic heterocycles. The lowest BCUT2D eigenvalue weighted by molar-refractivity contribution is 0.796. The molecule has 2 aliphatic rings. The molecule has 1 heterocycles. The molecule has 0 bridgehead atoms. The van der Waals surface area contributed by atoms with E-state index in [2.05, 4.69) is 113 Å². The van der Waals surface area contributed by atoms with E-state index in [-0.39, 0.29) is 0 Å². The second kappa shape index (κ2) is 9.22. The molecule has 0 N–H and O–H groups in total. The van der Waals surface area contributed by atoms with Gasteiger partial charge in [0.15, 0.2) is 0 Å². The van der Waals surface area contributed by atoms with Crippen LogP contribution in [0.15, 0.2) is 84.9 Å². The van der Waals surface area contributed by atoms with Crippen LogP contribution in [0.4, 0.5) is 0 Å². The van der Waals surface area contributed by atoms with E-state index < -0.39 is 0 Å². The lowest BCUT2D eigenvalue weighted by Crippen LogP contribution is -1.96. The van der Waals surface area contributed by atoms with Crippen molar-refractivity contribution in [1.82, 2.24) is 8.75 Å². The molecular formula is C38H32N2S. The van der Waals surface area contributed by atoms with Crippen molar-refractivity contribution in [3.05, 3.63) is 118 Å². The Hall–Kier alpha value is -4.08. The van der Waals surface area contributed by atoms with Gasteiger partial charge in [0.05, 0.1) is 11.7 Å². The number of nitrogens with zero attached hydrogens (tertiary/aromatic N) is 2. The van der Waals surface area contributed by atoms with Gasteiger partial charge < -0.3 is 0 Å². The van der Waals surface area contributed by atoms with E-state index >= 15 is 0 Å². The molecule has 1 aromatic heterocycles. The summed E-state index contributed by atoms with van der Waals surface area (Å²) in [6, 6.07) is 32.3. The number of fused-ring (bicyclic) bond motifs is 7. The molecule has 0 spiro atoms. The number of aromatic nitrogens is 2. The Kier molecular flexibility index (Phi) is 5.55. The van der Waals surface area contributed by atoms with Crippen LogP contribution >= 0.6 is 11.7 Å². The first-order chi connectivity index (χ1) is 20.1. The highest BCUT2D eigenvalue weighted by molar-refractivity contribution is 7.00. The number of aryl methyl sites for hydroxylation is 2. The van der Waals surface area contributed by atoms with Crippen molar-refractivity contribution in [2.75, 3.05) is 0 Å². The summed E-state index contributed by atoms with van der Waals surface area (Å²) in [7, 11) is 0. The summed E-state index contributed by atoms with van der Waals surface area (Å²) in [5.74, 6) is 0.878. The van der Waals surface area contributed by atoms with Gasteiger partial charge in [-0.2, -0.15) is 8.75 Å². The van der Waals surface area contributed by atoms with Crippen LogP contribution in [0.5, 0.6) is 0 Å². The zero-order valence-corrected chi connectivity index (χ0v) is 24.8. The SMILES string of the molecule is CCC1c2cc(C)ccc2-c2ccc(-c3ccc(-c4ccc5c(c4)C(CC)c4cc(C)ccc4-5)c4nsnc34)cc21. The van der Waals surface area contributed by atoms with Crippen LogP contribution < -0.4 is 0 Å². The summed E-state index contributed by atoms with van der Waals surface area (Å²) in [4.78, 5) is 0. The van der Waals surface area contributed by atoms with Crippen molar-refractivity contribution in [2.24, 2.45) is 0 Å². The van der Waals surface area contributed by atoms with E-state index in [4.69, 9.17) is 8.75 Å². The second-order valence-electron chi connectivity index (χ2n) is 11.8. The smallest absolute Gasteiger partial charge is 0.113 e. The average molecular weight is 549 g/mol. The topological polar surface area (TPSA) is 25.8 Å². The van der Waals surface area contributed by atoms with E-state index in [0.717, 1.165) is 35.0 Å². The van der Waals surface area contributed by atoms with E-state index in [1.807, 2.05) is 0 Å². The van der Waals surface area contributed by atoms with Gasteiger partial charge in [0, 0.05) is 23.0 Å². The van der Waals surface area contributed by atoms with Crippen LogP contribution in [0.1, 0.15) is 71.9 Å². The van der Waals surface area contributed by atoms with Crippen LogP contribution in [0.2, 0.25) is 0 Å². The van der Waals surface area contributed by atoms with E-state index in [1.165, 1.54) is 78.5 Å². The number of hydrogen-bond acceptors (Lipinski definition) is 3. The van der Waals surface area contributed by atoms with Gasteiger partial charge in [-0.1, -0.05) is 97.8 Å². The highest BCUT2D eigenvalue weighted by atomic mass is 32.1. The number of benzene rings is 5. The molecule has 41 heavy (non-hydrogen) atoms. The van der Waals surface area contributed by atoms with Gasteiger partial charge in [-0.05, 0) is 94.5 Å². The summed E-state index contributed by atoms with van der Waals surface area (Å²) < 4.78 is 9.68. The average Bonchev–Trinajstić information content (AvgIpc) is 3.68. The fraction of sp³-hybridized carbons (Fsp3) is 0.211. The minimum absolute atomic E-state index is 0.439. The van der Waals surface area contributed by atoms with Crippen molar-refractivity contribution in [2.45, 2.75) is 52.4 Å². The zero-order valence-electron chi connectivity index (χ0n) is 24.0. The van der Waals surface area contributed by atoms with Crippen LogP contribution in [0.25, 0.3) is 55.5 Å². The van der Waals surface area contributed by atoms with Crippen LogP contribution in [-0.4, -0.2) is 8.75 Å². The van der Waals surface area contributed by atoms with Crippen molar-refractivity contribution in [3.8, 4) is 44.5 Å². The standard InChI is InChI=1S/C38H32N2S/c1-5-25-33-17-21(3)7-11-29(33)31-13-9-23(19-35(25)31)27-15-16-28(38-37(27)39-41-40-38)24-10-14-32-30-12-8-22(4)18-34(30)26(6-2)36(32)20-24/h7-20,25-26H,5-6H2,1-4H3. The molecular weight excluding hydrogens is 516 g/mol. The van der Waals surface area contributed by atoms with Gasteiger partial charge in [0.2, 0.25) is 0 Å². The van der Waals surface area contributed by atoms with E-state index in [0.29, 0.717) is 11.8 Å². The number of rotatable bonds is 4. The lowest BCUT2D eigenvalue weighted by Gasteiger charge is -2.14. The molecule has 3 heteroatoms. The molecule has 0 radical (unpaired) electrons. The van der Waals surface area contributed by atoms with Gasteiger partial charge in [-0.25, -0.2) is 0 Å². The predicted molar refractivity (Wildman–Crippen MR) is 173 cm³/mol. The Bertz CT molecular complexity index is 1870. The molecule has 0 fully saturated rings. The van der Waals surface area contributed by atoms with Crippen LogP contribution in [0, 0.1) is 13.8 Å².